The Labute approximate surface area is 134 Å². The van der Waals surface area contributed by atoms with E-state index in [-0.39, 0.29) is 28.3 Å². The Hall–Kier alpha value is -1.06. The molecule has 124 valence electrons. The summed E-state index contributed by atoms with van der Waals surface area (Å²) in [6.07, 6.45) is 3.31. The quantitative estimate of drug-likeness (QED) is 0.778. The van der Waals surface area contributed by atoms with Crippen molar-refractivity contribution in [1.29, 1.82) is 0 Å². The predicted molar refractivity (Wildman–Crippen MR) is 89.5 cm³/mol. The van der Waals surface area contributed by atoms with Gasteiger partial charge in [-0.05, 0) is 23.7 Å². The molecule has 0 aromatic rings. The van der Waals surface area contributed by atoms with Gasteiger partial charge in [-0.1, -0.05) is 48.0 Å². The standard InChI is InChI=1S/C18H30N2O2/c1-16(2,3)12-10-21-14(19-12)18(8-7-9-18)15-20-13(11-22-15)17(4,5)6/h12-13H,7-11H2,1-6H3. The highest BCUT2D eigenvalue weighted by atomic mass is 16.5. The summed E-state index contributed by atoms with van der Waals surface area (Å²) in [5.41, 5.74) is 0.109. The molecular formula is C18H30N2O2. The molecule has 22 heavy (non-hydrogen) atoms. The largest absolute Gasteiger partial charge is 0.478 e. The summed E-state index contributed by atoms with van der Waals surface area (Å²) in [6, 6.07) is 0.473. The van der Waals surface area contributed by atoms with Crippen LogP contribution in [-0.4, -0.2) is 37.1 Å². The van der Waals surface area contributed by atoms with Crippen molar-refractivity contribution in [1.82, 2.24) is 0 Å². The zero-order chi connectivity index (χ0) is 16.2. The SMILES string of the molecule is CC(C)(C)C1COC(C2(C3=NC(C(C)(C)C)CO3)CCC2)=N1. The van der Waals surface area contributed by atoms with Crippen molar-refractivity contribution in [2.24, 2.45) is 26.2 Å². The van der Waals surface area contributed by atoms with Gasteiger partial charge < -0.3 is 9.47 Å². The molecule has 0 amide bonds. The van der Waals surface area contributed by atoms with Crippen molar-refractivity contribution < 1.29 is 9.47 Å². The van der Waals surface area contributed by atoms with Crippen molar-refractivity contribution in [3.05, 3.63) is 0 Å². The molecule has 2 heterocycles. The molecule has 1 aliphatic carbocycles. The Morgan fingerprint density at radius 2 is 1.23 bits per heavy atom. The fourth-order valence-corrected chi connectivity index (χ4v) is 3.21. The Balaban J connectivity index is 1.85. The third-order valence-corrected chi connectivity index (χ3v) is 5.33. The molecule has 4 heteroatoms. The van der Waals surface area contributed by atoms with Crippen molar-refractivity contribution >= 4 is 11.8 Å². The number of hydrogen-bond donors (Lipinski definition) is 0. The summed E-state index contributed by atoms with van der Waals surface area (Å²) >= 11 is 0. The molecule has 0 bridgehead atoms. The minimum absolute atomic E-state index is 0.138. The number of hydrogen-bond acceptors (Lipinski definition) is 4. The lowest BCUT2D eigenvalue weighted by molar-refractivity contribution is 0.177. The van der Waals surface area contributed by atoms with Gasteiger partial charge in [0.2, 0.25) is 0 Å². The molecular weight excluding hydrogens is 276 g/mol. The van der Waals surface area contributed by atoms with Crippen LogP contribution in [0.5, 0.6) is 0 Å². The first kappa shape index (κ1) is 15.8. The second-order valence-corrected chi connectivity index (χ2v) is 9.19. The summed E-state index contributed by atoms with van der Waals surface area (Å²) in [5, 5.41) is 0. The van der Waals surface area contributed by atoms with Gasteiger partial charge in [0.05, 0.1) is 12.1 Å². The molecule has 0 spiro atoms. The van der Waals surface area contributed by atoms with E-state index in [1.54, 1.807) is 0 Å². The average Bonchev–Trinajstić information content (AvgIpc) is 2.93. The number of rotatable bonds is 2. The first-order valence-electron chi connectivity index (χ1n) is 8.55. The van der Waals surface area contributed by atoms with Crippen LogP contribution in [0.4, 0.5) is 0 Å². The van der Waals surface area contributed by atoms with E-state index in [0.717, 1.165) is 24.6 Å². The number of nitrogens with zero attached hydrogens (tertiary/aromatic N) is 2. The van der Waals surface area contributed by atoms with Gasteiger partial charge >= 0.3 is 0 Å². The highest BCUT2D eigenvalue weighted by Gasteiger charge is 2.54. The average molecular weight is 306 g/mol. The molecule has 0 N–H and O–H groups in total. The normalized spacial score (nSPS) is 31.0. The third-order valence-electron chi connectivity index (χ3n) is 5.33. The van der Waals surface area contributed by atoms with Crippen LogP contribution in [0.25, 0.3) is 0 Å². The topological polar surface area (TPSA) is 43.2 Å². The summed E-state index contributed by atoms with van der Waals surface area (Å²) in [5.74, 6) is 1.76. The second-order valence-electron chi connectivity index (χ2n) is 9.19. The molecule has 4 nitrogen and oxygen atoms in total. The van der Waals surface area contributed by atoms with Crippen molar-refractivity contribution in [3.63, 3.8) is 0 Å². The monoisotopic (exact) mass is 306 g/mol. The van der Waals surface area contributed by atoms with E-state index in [1.807, 2.05) is 0 Å². The Morgan fingerprint density at radius 3 is 1.45 bits per heavy atom. The maximum absolute atomic E-state index is 6.02. The minimum Gasteiger partial charge on any atom is -0.478 e. The summed E-state index contributed by atoms with van der Waals surface area (Å²) in [7, 11) is 0. The van der Waals surface area contributed by atoms with Gasteiger partial charge in [0, 0.05) is 0 Å². The molecule has 2 unspecified atom stereocenters. The zero-order valence-electron chi connectivity index (χ0n) is 14.9. The Morgan fingerprint density at radius 1 is 0.818 bits per heavy atom. The first-order valence-corrected chi connectivity index (χ1v) is 8.55. The predicted octanol–water partition coefficient (Wildman–Crippen LogP) is 3.84. The lowest BCUT2D eigenvalue weighted by atomic mass is 9.68. The van der Waals surface area contributed by atoms with Crippen molar-refractivity contribution in [2.45, 2.75) is 72.9 Å². The molecule has 2 aliphatic heterocycles. The van der Waals surface area contributed by atoms with Crippen LogP contribution in [-0.2, 0) is 9.47 Å². The van der Waals surface area contributed by atoms with Gasteiger partial charge in [0.25, 0.3) is 0 Å². The molecule has 0 aromatic heterocycles. The van der Waals surface area contributed by atoms with Gasteiger partial charge in [-0.15, -0.1) is 0 Å². The van der Waals surface area contributed by atoms with E-state index < -0.39 is 0 Å². The highest BCUT2D eigenvalue weighted by molar-refractivity contribution is 6.07. The van der Waals surface area contributed by atoms with E-state index in [2.05, 4.69) is 41.5 Å². The fraction of sp³-hybridized carbons (Fsp3) is 0.889. The van der Waals surface area contributed by atoms with Gasteiger partial charge in [-0.25, -0.2) is 9.98 Å². The van der Waals surface area contributed by atoms with Crippen LogP contribution in [0, 0.1) is 16.2 Å². The number of aliphatic imine (C=N–C) groups is 2. The second kappa shape index (κ2) is 4.97. The maximum Gasteiger partial charge on any atom is 0.199 e. The third kappa shape index (κ3) is 2.55. The molecule has 1 saturated carbocycles. The summed E-state index contributed by atoms with van der Waals surface area (Å²) in [4.78, 5) is 9.84. The van der Waals surface area contributed by atoms with Gasteiger partial charge in [-0.3, -0.25) is 0 Å². The van der Waals surface area contributed by atoms with E-state index in [9.17, 15) is 0 Å². The highest BCUT2D eigenvalue weighted by Crippen LogP contribution is 2.48. The minimum atomic E-state index is -0.167. The zero-order valence-corrected chi connectivity index (χ0v) is 14.9. The smallest absolute Gasteiger partial charge is 0.199 e. The van der Waals surface area contributed by atoms with E-state index >= 15 is 0 Å². The van der Waals surface area contributed by atoms with Crippen molar-refractivity contribution in [3.8, 4) is 0 Å². The maximum atomic E-state index is 6.02. The van der Waals surface area contributed by atoms with Crippen LogP contribution in [0.15, 0.2) is 9.98 Å². The van der Waals surface area contributed by atoms with Crippen LogP contribution in [0.1, 0.15) is 60.8 Å². The van der Waals surface area contributed by atoms with Crippen LogP contribution in [0.2, 0.25) is 0 Å². The van der Waals surface area contributed by atoms with E-state index in [1.165, 1.54) is 6.42 Å². The number of ether oxygens (including phenoxy) is 2. The molecule has 3 rings (SSSR count). The van der Waals surface area contributed by atoms with Crippen LogP contribution >= 0.6 is 0 Å². The molecule has 0 saturated heterocycles. The van der Waals surface area contributed by atoms with Crippen LogP contribution < -0.4 is 0 Å². The van der Waals surface area contributed by atoms with Gasteiger partial charge in [0.1, 0.15) is 18.6 Å². The molecule has 0 radical (unpaired) electrons. The van der Waals surface area contributed by atoms with Gasteiger partial charge in [-0.2, -0.15) is 0 Å². The lowest BCUT2D eigenvalue weighted by Crippen LogP contribution is -2.45. The van der Waals surface area contributed by atoms with E-state index in [4.69, 9.17) is 19.5 Å². The molecule has 2 atom stereocenters. The molecule has 0 aromatic carbocycles. The fourth-order valence-electron chi connectivity index (χ4n) is 3.21. The molecule has 1 fully saturated rings. The first-order chi connectivity index (χ1) is 10.1. The Bertz CT molecular complexity index is 462. The Kier molecular flexibility index (Phi) is 3.57. The summed E-state index contributed by atoms with van der Waals surface area (Å²) < 4.78 is 12.0. The lowest BCUT2D eigenvalue weighted by Gasteiger charge is -2.39. The molecule has 3 aliphatic rings. The van der Waals surface area contributed by atoms with Gasteiger partial charge in [0.15, 0.2) is 11.8 Å². The summed E-state index contributed by atoms with van der Waals surface area (Å²) in [6.45, 7) is 14.7. The van der Waals surface area contributed by atoms with Crippen molar-refractivity contribution in [2.75, 3.05) is 13.2 Å². The van der Waals surface area contributed by atoms with Crippen LogP contribution in [0.3, 0.4) is 0 Å². The van der Waals surface area contributed by atoms with E-state index in [0.29, 0.717) is 13.2 Å².